The molecule has 2 aromatic carbocycles. The van der Waals surface area contributed by atoms with Crippen LogP contribution in [0.25, 0.3) is 10.2 Å². The van der Waals surface area contributed by atoms with Crippen LogP contribution in [-0.2, 0) is 14.8 Å². The van der Waals surface area contributed by atoms with Gasteiger partial charge in [0.25, 0.3) is 5.91 Å². The lowest BCUT2D eigenvalue weighted by atomic mass is 10.0. The minimum atomic E-state index is -3.60. The van der Waals surface area contributed by atoms with Crippen LogP contribution in [0.4, 0.5) is 5.13 Å². The van der Waals surface area contributed by atoms with E-state index in [1.165, 1.54) is 11.3 Å². The van der Waals surface area contributed by atoms with Crippen LogP contribution in [0.2, 0.25) is 0 Å². The number of sulfonamides is 1. The van der Waals surface area contributed by atoms with E-state index in [1.54, 1.807) is 33.5 Å². The van der Waals surface area contributed by atoms with Crippen LogP contribution in [0.15, 0.2) is 47.4 Å². The first kappa shape index (κ1) is 25.3. The van der Waals surface area contributed by atoms with E-state index in [-0.39, 0.29) is 22.9 Å². The van der Waals surface area contributed by atoms with Gasteiger partial charge in [-0.05, 0) is 74.9 Å². The highest BCUT2D eigenvalue weighted by molar-refractivity contribution is 7.89. The van der Waals surface area contributed by atoms with Crippen LogP contribution in [-0.4, -0.2) is 55.5 Å². The van der Waals surface area contributed by atoms with Crippen LogP contribution in [0, 0.1) is 6.92 Å². The summed E-state index contributed by atoms with van der Waals surface area (Å²) in [4.78, 5) is 20.5. The molecule has 7 nitrogen and oxygen atoms in total. The molecule has 9 heteroatoms. The zero-order valence-corrected chi connectivity index (χ0v) is 22.5. The first-order valence-corrected chi connectivity index (χ1v) is 15.1. The molecule has 3 heterocycles. The SMILES string of the molecule is CCC1CCCCN1S(=O)(=O)c1ccc(C(=O)N(CC2CCCO2)c2nc3c(C)cccc3s2)cc1. The number of hydrogen-bond donors (Lipinski definition) is 0. The molecule has 2 atom stereocenters. The van der Waals surface area contributed by atoms with Gasteiger partial charge in [-0.25, -0.2) is 13.4 Å². The minimum Gasteiger partial charge on any atom is -0.376 e. The standard InChI is InChI=1S/C27H33N3O4S2/c1-3-21-9-4-5-16-30(21)36(32,33)23-14-12-20(13-15-23)26(31)29(18-22-10-7-17-34-22)27-28-25-19(2)8-6-11-24(25)35-27/h6,8,11-15,21-22H,3-5,7,9-10,16-18H2,1-2H3. The Morgan fingerprint density at radius 3 is 2.64 bits per heavy atom. The van der Waals surface area contributed by atoms with Gasteiger partial charge in [0.1, 0.15) is 0 Å². The van der Waals surface area contributed by atoms with E-state index in [4.69, 9.17) is 9.72 Å². The zero-order chi connectivity index (χ0) is 25.3. The van der Waals surface area contributed by atoms with Crippen molar-refractivity contribution >= 4 is 42.6 Å². The monoisotopic (exact) mass is 527 g/mol. The number of carbonyl (C=O) groups excluding carboxylic acids is 1. The number of anilines is 1. The molecule has 1 amide bonds. The number of rotatable bonds is 7. The highest BCUT2D eigenvalue weighted by Gasteiger charge is 2.33. The summed E-state index contributed by atoms with van der Waals surface area (Å²) in [6.45, 7) is 5.72. The van der Waals surface area contributed by atoms with Crippen molar-refractivity contribution in [1.82, 2.24) is 9.29 Å². The summed E-state index contributed by atoms with van der Waals surface area (Å²) in [7, 11) is -3.60. The molecule has 0 spiro atoms. The Bertz CT molecular complexity index is 1330. The normalized spacial score (nSPS) is 21.2. The summed E-state index contributed by atoms with van der Waals surface area (Å²) >= 11 is 1.49. The van der Waals surface area contributed by atoms with E-state index in [0.717, 1.165) is 54.3 Å². The summed E-state index contributed by atoms with van der Waals surface area (Å²) in [5.74, 6) is -0.199. The molecule has 3 aromatic rings. The van der Waals surface area contributed by atoms with Crippen molar-refractivity contribution < 1.29 is 17.9 Å². The highest BCUT2D eigenvalue weighted by atomic mass is 32.2. The maximum atomic E-state index is 13.7. The topological polar surface area (TPSA) is 79.8 Å². The number of benzene rings is 2. The molecule has 2 unspecified atom stereocenters. The number of ether oxygens (including phenoxy) is 1. The summed E-state index contributed by atoms with van der Waals surface area (Å²) in [5.41, 5.74) is 2.40. The van der Waals surface area contributed by atoms with Gasteiger partial charge in [-0.1, -0.05) is 36.8 Å². The predicted octanol–water partition coefficient (Wildman–Crippen LogP) is 5.38. The van der Waals surface area contributed by atoms with Crippen molar-refractivity contribution in [3.63, 3.8) is 0 Å². The molecule has 2 fully saturated rings. The number of fused-ring (bicyclic) bond motifs is 1. The van der Waals surface area contributed by atoms with Crippen molar-refractivity contribution in [2.45, 2.75) is 69.4 Å². The third kappa shape index (κ3) is 4.94. The molecule has 192 valence electrons. The average molecular weight is 528 g/mol. The number of hydrogen-bond acceptors (Lipinski definition) is 6. The molecular formula is C27H33N3O4S2. The quantitative estimate of drug-likeness (QED) is 0.412. The van der Waals surface area contributed by atoms with Crippen molar-refractivity contribution in [1.29, 1.82) is 0 Å². The first-order chi connectivity index (χ1) is 17.4. The Morgan fingerprint density at radius 2 is 1.94 bits per heavy atom. The molecular weight excluding hydrogens is 494 g/mol. The van der Waals surface area contributed by atoms with Crippen LogP contribution < -0.4 is 4.90 Å². The largest absolute Gasteiger partial charge is 0.376 e. The van der Waals surface area contributed by atoms with Gasteiger partial charge >= 0.3 is 0 Å². The highest BCUT2D eigenvalue weighted by Crippen LogP contribution is 2.33. The maximum Gasteiger partial charge on any atom is 0.260 e. The summed E-state index contributed by atoms with van der Waals surface area (Å²) in [5, 5.41) is 0.635. The molecule has 5 rings (SSSR count). The van der Waals surface area contributed by atoms with Crippen LogP contribution in [0.5, 0.6) is 0 Å². The third-order valence-corrected chi connectivity index (χ3v) is 10.3. The van der Waals surface area contributed by atoms with Gasteiger partial charge in [0.2, 0.25) is 10.0 Å². The molecule has 36 heavy (non-hydrogen) atoms. The molecule has 1 aromatic heterocycles. The van der Waals surface area contributed by atoms with Crippen molar-refractivity contribution in [2.75, 3.05) is 24.6 Å². The Balaban J connectivity index is 1.44. The molecule has 0 saturated carbocycles. The van der Waals surface area contributed by atoms with Crippen molar-refractivity contribution in [3.8, 4) is 0 Å². The van der Waals surface area contributed by atoms with Gasteiger partial charge in [-0.3, -0.25) is 9.69 Å². The van der Waals surface area contributed by atoms with E-state index in [2.05, 4.69) is 0 Å². The Hall–Kier alpha value is -2.33. The fraction of sp³-hybridized carbons (Fsp3) is 0.481. The number of amides is 1. The van der Waals surface area contributed by atoms with E-state index in [9.17, 15) is 13.2 Å². The summed E-state index contributed by atoms with van der Waals surface area (Å²) < 4.78 is 35.2. The van der Waals surface area contributed by atoms with Crippen LogP contribution in [0.1, 0.15) is 61.4 Å². The molecule has 0 aliphatic carbocycles. The van der Waals surface area contributed by atoms with Crippen LogP contribution >= 0.6 is 11.3 Å². The maximum absolute atomic E-state index is 13.7. The predicted molar refractivity (Wildman–Crippen MR) is 143 cm³/mol. The lowest BCUT2D eigenvalue weighted by Crippen LogP contribution is -2.43. The Kier molecular flexibility index (Phi) is 7.44. The lowest BCUT2D eigenvalue weighted by Gasteiger charge is -2.34. The first-order valence-electron chi connectivity index (χ1n) is 12.8. The lowest BCUT2D eigenvalue weighted by molar-refractivity contribution is 0.0917. The van der Waals surface area contributed by atoms with E-state index in [0.29, 0.717) is 30.4 Å². The Morgan fingerprint density at radius 1 is 1.14 bits per heavy atom. The van der Waals surface area contributed by atoms with Crippen molar-refractivity contribution in [3.05, 3.63) is 53.6 Å². The zero-order valence-electron chi connectivity index (χ0n) is 20.9. The second-order valence-electron chi connectivity index (χ2n) is 9.67. The number of carbonyl (C=O) groups is 1. The fourth-order valence-corrected chi connectivity index (χ4v) is 8.01. The minimum absolute atomic E-state index is 0.0354. The van der Waals surface area contributed by atoms with Gasteiger partial charge in [0, 0.05) is 24.8 Å². The number of piperidine rings is 1. The molecule has 2 aliphatic rings. The number of aromatic nitrogens is 1. The number of nitrogens with zero attached hydrogens (tertiary/aromatic N) is 3. The Labute approximate surface area is 217 Å². The number of aryl methyl sites for hydroxylation is 1. The van der Waals surface area contributed by atoms with Gasteiger partial charge in [-0.15, -0.1) is 0 Å². The molecule has 0 bridgehead atoms. The second-order valence-corrected chi connectivity index (χ2v) is 12.6. The molecule has 2 saturated heterocycles. The van der Waals surface area contributed by atoms with E-state index in [1.807, 2.05) is 32.0 Å². The second kappa shape index (κ2) is 10.6. The number of thiazole rings is 1. The summed E-state index contributed by atoms with van der Waals surface area (Å²) in [6, 6.07) is 12.5. The third-order valence-electron chi connectivity index (χ3n) is 7.25. The van der Waals surface area contributed by atoms with Gasteiger partial charge in [0.05, 0.1) is 27.8 Å². The van der Waals surface area contributed by atoms with Gasteiger partial charge < -0.3 is 4.74 Å². The molecule has 0 radical (unpaired) electrons. The van der Waals surface area contributed by atoms with Crippen LogP contribution in [0.3, 0.4) is 0 Å². The number of para-hydroxylation sites is 1. The molecule has 0 N–H and O–H groups in total. The summed E-state index contributed by atoms with van der Waals surface area (Å²) in [6.07, 6.45) is 5.48. The fourth-order valence-electron chi connectivity index (χ4n) is 5.19. The van der Waals surface area contributed by atoms with Crippen molar-refractivity contribution in [2.24, 2.45) is 0 Å². The van der Waals surface area contributed by atoms with E-state index < -0.39 is 10.0 Å². The smallest absolute Gasteiger partial charge is 0.260 e. The average Bonchev–Trinajstić information content (AvgIpc) is 3.57. The van der Waals surface area contributed by atoms with Gasteiger partial charge in [-0.2, -0.15) is 4.31 Å². The van der Waals surface area contributed by atoms with E-state index >= 15 is 0 Å². The van der Waals surface area contributed by atoms with Gasteiger partial charge in [0.15, 0.2) is 5.13 Å². The molecule has 2 aliphatic heterocycles.